The van der Waals surface area contributed by atoms with Gasteiger partial charge in [-0.2, -0.15) is 0 Å². The lowest BCUT2D eigenvalue weighted by Gasteiger charge is -2.46. The molecule has 1 amide bonds. The van der Waals surface area contributed by atoms with E-state index in [-0.39, 0.29) is 18.9 Å². The maximum absolute atomic E-state index is 13.1. The first-order valence-electron chi connectivity index (χ1n) is 24.6. The number of ether oxygens (including phenoxy) is 4. The molecule has 0 bridgehead atoms. The highest BCUT2D eigenvalue weighted by atomic mass is 16.7. The van der Waals surface area contributed by atoms with E-state index in [4.69, 9.17) is 18.9 Å². The van der Waals surface area contributed by atoms with Gasteiger partial charge in [0.25, 0.3) is 0 Å². The molecule has 0 aromatic heterocycles. The smallest absolute Gasteiger partial charge is 0.220 e. The summed E-state index contributed by atoms with van der Waals surface area (Å²) in [5, 5.41) is 86.6. The molecule has 2 aliphatic heterocycles. The minimum Gasteiger partial charge on any atom is -0.394 e. The third-order valence-corrected chi connectivity index (χ3v) is 12.1. The van der Waals surface area contributed by atoms with Gasteiger partial charge in [0.2, 0.25) is 5.91 Å². The molecule has 14 heteroatoms. The van der Waals surface area contributed by atoms with Gasteiger partial charge in [0.05, 0.1) is 32.0 Å². The average Bonchev–Trinajstić information content (AvgIpc) is 3.27. The summed E-state index contributed by atoms with van der Waals surface area (Å²) in [4.78, 5) is 13.1. The number of nitrogens with one attached hydrogen (secondary N) is 1. The first kappa shape index (κ1) is 56.6. The van der Waals surface area contributed by atoms with Gasteiger partial charge >= 0.3 is 0 Å². The molecule has 0 saturated carbocycles. The summed E-state index contributed by atoms with van der Waals surface area (Å²) in [6.07, 6.45) is 20.7. The van der Waals surface area contributed by atoms with Crippen LogP contribution in [0.2, 0.25) is 0 Å². The predicted octanol–water partition coefficient (Wildman–Crippen LogP) is 5.77. The molecule has 62 heavy (non-hydrogen) atoms. The van der Waals surface area contributed by atoms with Gasteiger partial charge in [0.1, 0.15) is 48.8 Å². The van der Waals surface area contributed by atoms with E-state index >= 15 is 0 Å². The van der Waals surface area contributed by atoms with Gasteiger partial charge < -0.3 is 65.1 Å². The van der Waals surface area contributed by atoms with Crippen LogP contribution in [0.5, 0.6) is 0 Å². The largest absolute Gasteiger partial charge is 0.394 e. The number of allylic oxidation sites excluding steroid dienone is 3. The molecule has 0 aromatic carbocycles. The van der Waals surface area contributed by atoms with Gasteiger partial charge in [-0.05, 0) is 44.9 Å². The van der Waals surface area contributed by atoms with Crippen LogP contribution in [0.3, 0.4) is 0 Å². The van der Waals surface area contributed by atoms with Crippen molar-refractivity contribution in [2.24, 2.45) is 0 Å². The molecular formula is C48H89NO13. The fourth-order valence-electron chi connectivity index (χ4n) is 8.05. The zero-order valence-electron chi connectivity index (χ0n) is 38.4. The third-order valence-electron chi connectivity index (χ3n) is 12.1. The Hall–Kier alpha value is -1.53. The number of aliphatic hydroxyl groups is 8. The first-order chi connectivity index (χ1) is 30.1. The lowest BCUT2D eigenvalue weighted by atomic mass is 9.97. The van der Waals surface area contributed by atoms with Crippen molar-refractivity contribution in [2.75, 3.05) is 19.8 Å². The van der Waals surface area contributed by atoms with Crippen molar-refractivity contribution < 1.29 is 64.6 Å². The molecule has 0 aliphatic carbocycles. The van der Waals surface area contributed by atoms with Crippen molar-refractivity contribution in [1.29, 1.82) is 0 Å². The Morgan fingerprint density at radius 2 is 1.02 bits per heavy atom. The number of amides is 1. The molecule has 12 atom stereocenters. The topological polar surface area (TPSA) is 228 Å². The average molecular weight is 888 g/mol. The fourth-order valence-corrected chi connectivity index (χ4v) is 8.05. The van der Waals surface area contributed by atoms with Crippen LogP contribution in [-0.4, -0.2) is 140 Å². The maximum atomic E-state index is 13.1. The van der Waals surface area contributed by atoms with Gasteiger partial charge in [-0.1, -0.05) is 154 Å². The van der Waals surface area contributed by atoms with Crippen molar-refractivity contribution >= 4 is 5.91 Å². The van der Waals surface area contributed by atoms with E-state index in [0.29, 0.717) is 6.42 Å². The molecule has 0 aromatic rings. The highest BCUT2D eigenvalue weighted by Crippen LogP contribution is 2.30. The SMILES string of the molecule is CCCCCCCCC=CCCCCCCCC(=O)NC(COC1OC(CO)C(OC2OC(CO)C(O)C(O)C2O)C(O)C1O)C(O)C=CCCCCCCCCCCCCC. The van der Waals surface area contributed by atoms with Crippen molar-refractivity contribution in [2.45, 2.75) is 254 Å². The summed E-state index contributed by atoms with van der Waals surface area (Å²) >= 11 is 0. The van der Waals surface area contributed by atoms with Crippen molar-refractivity contribution in [3.05, 3.63) is 24.3 Å². The Bertz CT molecular complexity index is 1140. The van der Waals surface area contributed by atoms with Gasteiger partial charge in [-0.25, -0.2) is 0 Å². The van der Waals surface area contributed by atoms with Crippen LogP contribution in [0.4, 0.5) is 0 Å². The Morgan fingerprint density at radius 3 is 1.53 bits per heavy atom. The number of carbonyl (C=O) groups is 1. The first-order valence-corrected chi connectivity index (χ1v) is 24.6. The quantitative estimate of drug-likeness (QED) is 0.0267. The molecule has 12 unspecified atom stereocenters. The van der Waals surface area contributed by atoms with Gasteiger partial charge in [0.15, 0.2) is 12.6 Å². The van der Waals surface area contributed by atoms with E-state index < -0.39 is 86.8 Å². The number of aliphatic hydroxyl groups excluding tert-OH is 8. The summed E-state index contributed by atoms with van der Waals surface area (Å²) < 4.78 is 22.6. The summed E-state index contributed by atoms with van der Waals surface area (Å²) in [6.45, 7) is 2.76. The number of unbranched alkanes of at least 4 members (excludes halogenated alkanes) is 22. The second-order valence-electron chi connectivity index (χ2n) is 17.6. The molecule has 2 aliphatic rings. The zero-order valence-corrected chi connectivity index (χ0v) is 38.4. The molecule has 0 spiro atoms. The van der Waals surface area contributed by atoms with Gasteiger partial charge in [-0.15, -0.1) is 0 Å². The Labute approximate surface area is 373 Å². The summed E-state index contributed by atoms with van der Waals surface area (Å²) in [7, 11) is 0. The van der Waals surface area contributed by atoms with Crippen LogP contribution in [-0.2, 0) is 23.7 Å². The van der Waals surface area contributed by atoms with Crippen molar-refractivity contribution in [3.63, 3.8) is 0 Å². The van der Waals surface area contributed by atoms with E-state index in [2.05, 4.69) is 31.3 Å². The molecule has 2 heterocycles. The predicted molar refractivity (Wildman–Crippen MR) is 240 cm³/mol. The van der Waals surface area contributed by atoms with Crippen molar-refractivity contribution in [3.8, 4) is 0 Å². The highest BCUT2D eigenvalue weighted by molar-refractivity contribution is 5.76. The standard InChI is InChI=1S/C48H89NO13/c1-3-5-7-9-11-13-15-17-18-20-22-24-26-28-30-32-40(53)49-36(37(52)31-29-27-25-23-21-19-16-14-12-10-8-6-4-2)35-59-47-45(58)43(56)46(39(34-51)61-47)62-48-44(57)42(55)41(54)38(33-50)60-48/h17-18,29,31,36-39,41-48,50-52,54-58H,3-16,19-28,30,32-35H2,1-2H3,(H,49,53). The zero-order chi connectivity index (χ0) is 45.4. The van der Waals surface area contributed by atoms with E-state index in [0.717, 1.165) is 57.8 Å². The van der Waals surface area contributed by atoms with Gasteiger partial charge in [-0.3, -0.25) is 4.79 Å². The summed E-state index contributed by atoms with van der Waals surface area (Å²) in [5.74, 6) is -0.250. The maximum Gasteiger partial charge on any atom is 0.220 e. The van der Waals surface area contributed by atoms with E-state index in [9.17, 15) is 45.6 Å². The number of carbonyl (C=O) groups excluding carboxylic acids is 1. The van der Waals surface area contributed by atoms with Crippen LogP contribution < -0.4 is 5.32 Å². The van der Waals surface area contributed by atoms with E-state index in [1.165, 1.54) is 96.3 Å². The second-order valence-corrected chi connectivity index (χ2v) is 17.6. The van der Waals surface area contributed by atoms with Crippen LogP contribution in [0.25, 0.3) is 0 Å². The molecular weight excluding hydrogens is 799 g/mol. The number of hydrogen-bond acceptors (Lipinski definition) is 13. The van der Waals surface area contributed by atoms with E-state index in [1.807, 2.05) is 6.08 Å². The van der Waals surface area contributed by atoms with Crippen molar-refractivity contribution in [1.82, 2.24) is 5.32 Å². The minimum atomic E-state index is -1.79. The van der Waals surface area contributed by atoms with Crippen LogP contribution in [0.15, 0.2) is 24.3 Å². The number of rotatable bonds is 37. The summed E-state index contributed by atoms with van der Waals surface area (Å²) in [6, 6.07) is -0.914. The van der Waals surface area contributed by atoms with Crippen LogP contribution >= 0.6 is 0 Å². The third kappa shape index (κ3) is 23.1. The lowest BCUT2D eigenvalue weighted by Crippen LogP contribution is -2.65. The Morgan fingerprint density at radius 1 is 0.565 bits per heavy atom. The lowest BCUT2D eigenvalue weighted by molar-refractivity contribution is -0.359. The monoisotopic (exact) mass is 888 g/mol. The molecule has 2 saturated heterocycles. The molecule has 14 nitrogen and oxygen atoms in total. The Balaban J connectivity index is 1.88. The molecule has 9 N–H and O–H groups in total. The summed E-state index contributed by atoms with van der Waals surface area (Å²) in [5.41, 5.74) is 0. The molecule has 0 radical (unpaired) electrons. The van der Waals surface area contributed by atoms with E-state index in [1.54, 1.807) is 6.08 Å². The fraction of sp³-hybridized carbons (Fsp3) is 0.896. The highest BCUT2D eigenvalue weighted by Gasteiger charge is 2.51. The van der Waals surface area contributed by atoms with Crippen LogP contribution in [0.1, 0.15) is 181 Å². The molecule has 2 rings (SSSR count). The minimum absolute atomic E-state index is 0.250. The number of hydrogen-bond donors (Lipinski definition) is 9. The normalized spacial score (nSPS) is 27.9. The molecule has 364 valence electrons. The van der Waals surface area contributed by atoms with Crippen LogP contribution in [0, 0.1) is 0 Å². The van der Waals surface area contributed by atoms with Gasteiger partial charge in [0, 0.05) is 6.42 Å². The molecule has 2 fully saturated rings. The Kier molecular flexibility index (Phi) is 32.6. The second kappa shape index (κ2) is 35.7.